The number of allylic oxidation sites excluding steroid dienone is 1. The van der Waals surface area contributed by atoms with E-state index in [0.717, 1.165) is 45.3 Å². The summed E-state index contributed by atoms with van der Waals surface area (Å²) in [6.45, 7) is 13.5. The molecule has 0 radical (unpaired) electrons. The normalized spacial score (nSPS) is 15.0. The number of unbranched alkanes of at least 4 members (excludes halogenated alkanes) is 1. The summed E-state index contributed by atoms with van der Waals surface area (Å²) in [6, 6.07) is 0. The molecule has 1 fully saturated rings. The Morgan fingerprint density at radius 3 is 2.35 bits per heavy atom. The highest BCUT2D eigenvalue weighted by molar-refractivity contribution is 5.99. The van der Waals surface area contributed by atoms with Gasteiger partial charge in [-0.15, -0.1) is 0 Å². The van der Waals surface area contributed by atoms with Crippen LogP contribution >= 0.6 is 0 Å². The third-order valence-corrected chi connectivity index (χ3v) is 4.33. The standard InChI is InChI=1S/C21H30N4O6/c1-5-17(26)22-19(16(4)21(29)30)25(20(28)15(2)3)23-18(27)9-7-6-8-10-24-11-13-31-14-12-24/h5,7,9H,1-2,6,8,10-14H2,3-4H3,(H,22,26)(H,23,27)(H,29,30). The minimum absolute atomic E-state index is 0.0262. The van der Waals surface area contributed by atoms with Gasteiger partial charge in [-0.1, -0.05) is 19.2 Å². The van der Waals surface area contributed by atoms with Crippen molar-refractivity contribution in [2.24, 2.45) is 0 Å². The van der Waals surface area contributed by atoms with Crippen molar-refractivity contribution in [2.45, 2.75) is 26.7 Å². The highest BCUT2D eigenvalue weighted by Gasteiger charge is 2.26. The van der Waals surface area contributed by atoms with Crippen LogP contribution in [-0.4, -0.2) is 71.6 Å². The molecule has 3 amide bonds. The first-order chi connectivity index (χ1) is 14.7. The number of carbonyl (C=O) groups excluding carboxylic acids is 3. The topological polar surface area (TPSA) is 128 Å². The SMILES string of the molecule is C=CC(=O)NC(=C(C)C(=O)O)N(NC(=O)C=CCCCN1CCOCC1)C(=O)C(=C)C. The number of carbonyl (C=O) groups is 4. The van der Waals surface area contributed by atoms with Gasteiger partial charge < -0.3 is 15.2 Å². The molecule has 0 bridgehead atoms. The minimum atomic E-state index is -1.38. The summed E-state index contributed by atoms with van der Waals surface area (Å²) in [5.41, 5.74) is 1.97. The molecule has 0 aromatic carbocycles. The molecule has 1 saturated heterocycles. The Hall–Kier alpha value is -3.24. The molecule has 0 aromatic heterocycles. The van der Waals surface area contributed by atoms with Gasteiger partial charge in [0.1, 0.15) is 5.82 Å². The van der Waals surface area contributed by atoms with Crippen LogP contribution in [0, 0.1) is 0 Å². The highest BCUT2D eigenvalue weighted by Crippen LogP contribution is 2.10. The Bertz CT molecular complexity index is 781. The number of carboxylic acid groups (broad SMARTS) is 1. The van der Waals surface area contributed by atoms with Crippen molar-refractivity contribution in [2.75, 3.05) is 32.8 Å². The second kappa shape index (κ2) is 13.1. The zero-order valence-corrected chi connectivity index (χ0v) is 18.0. The van der Waals surface area contributed by atoms with E-state index in [1.807, 2.05) is 0 Å². The largest absolute Gasteiger partial charge is 0.478 e. The average Bonchev–Trinajstić information content (AvgIpc) is 2.75. The summed E-state index contributed by atoms with van der Waals surface area (Å²) in [4.78, 5) is 50.3. The minimum Gasteiger partial charge on any atom is -0.478 e. The van der Waals surface area contributed by atoms with Crippen LogP contribution in [0.3, 0.4) is 0 Å². The number of morpholine rings is 1. The quantitative estimate of drug-likeness (QED) is 0.262. The van der Waals surface area contributed by atoms with Crippen LogP contribution in [-0.2, 0) is 23.9 Å². The molecular weight excluding hydrogens is 404 g/mol. The number of nitrogens with one attached hydrogen (secondary N) is 2. The van der Waals surface area contributed by atoms with Crippen LogP contribution < -0.4 is 10.7 Å². The van der Waals surface area contributed by atoms with Crippen LogP contribution in [0.2, 0.25) is 0 Å². The van der Waals surface area contributed by atoms with Gasteiger partial charge in [-0.25, -0.2) is 4.79 Å². The Morgan fingerprint density at radius 1 is 1.16 bits per heavy atom. The fourth-order valence-electron chi connectivity index (χ4n) is 2.58. The van der Waals surface area contributed by atoms with Crippen molar-refractivity contribution in [3.63, 3.8) is 0 Å². The van der Waals surface area contributed by atoms with Gasteiger partial charge in [0.25, 0.3) is 11.8 Å². The lowest BCUT2D eigenvalue weighted by atomic mass is 10.2. The van der Waals surface area contributed by atoms with E-state index in [4.69, 9.17) is 4.74 Å². The van der Waals surface area contributed by atoms with Crippen LogP contribution in [0.15, 0.2) is 48.4 Å². The summed E-state index contributed by atoms with van der Waals surface area (Å²) in [7, 11) is 0. The first-order valence-corrected chi connectivity index (χ1v) is 9.82. The summed E-state index contributed by atoms with van der Waals surface area (Å²) >= 11 is 0. The highest BCUT2D eigenvalue weighted by atomic mass is 16.5. The number of amides is 3. The maximum Gasteiger partial charge on any atom is 0.335 e. The second-order valence-corrected chi connectivity index (χ2v) is 6.87. The van der Waals surface area contributed by atoms with Gasteiger partial charge in [-0.3, -0.25) is 24.7 Å². The number of hydrazine groups is 1. The number of hydrogen-bond donors (Lipinski definition) is 3. The summed E-state index contributed by atoms with van der Waals surface area (Å²) < 4.78 is 5.29. The molecule has 1 aliphatic heterocycles. The number of ether oxygens (including phenoxy) is 1. The molecule has 1 aliphatic rings. The van der Waals surface area contributed by atoms with E-state index in [1.54, 1.807) is 6.08 Å². The van der Waals surface area contributed by atoms with E-state index in [9.17, 15) is 24.3 Å². The second-order valence-electron chi connectivity index (χ2n) is 6.87. The molecule has 0 atom stereocenters. The Kier molecular flexibility index (Phi) is 10.9. The van der Waals surface area contributed by atoms with Crippen LogP contribution in [0.25, 0.3) is 0 Å². The monoisotopic (exact) mass is 434 g/mol. The lowest BCUT2D eigenvalue weighted by molar-refractivity contribution is -0.136. The van der Waals surface area contributed by atoms with Crippen molar-refractivity contribution < 1.29 is 29.0 Å². The molecule has 10 nitrogen and oxygen atoms in total. The Balaban J connectivity index is 2.85. The van der Waals surface area contributed by atoms with Gasteiger partial charge in [0, 0.05) is 24.7 Å². The van der Waals surface area contributed by atoms with Crippen molar-refractivity contribution in [1.29, 1.82) is 0 Å². The first-order valence-electron chi connectivity index (χ1n) is 9.82. The average molecular weight is 434 g/mol. The molecule has 0 spiro atoms. The maximum atomic E-state index is 12.5. The summed E-state index contributed by atoms with van der Waals surface area (Å²) in [6.07, 6.45) is 5.31. The van der Waals surface area contributed by atoms with Crippen LogP contribution in [0.1, 0.15) is 26.7 Å². The van der Waals surface area contributed by atoms with Gasteiger partial charge in [-0.2, -0.15) is 5.01 Å². The fourth-order valence-corrected chi connectivity index (χ4v) is 2.58. The van der Waals surface area contributed by atoms with Crippen molar-refractivity contribution in [1.82, 2.24) is 20.7 Å². The molecule has 0 saturated carbocycles. The zero-order chi connectivity index (χ0) is 23.4. The lowest BCUT2D eigenvalue weighted by Gasteiger charge is -2.26. The lowest BCUT2D eigenvalue weighted by Crippen LogP contribution is -2.50. The Morgan fingerprint density at radius 2 is 1.81 bits per heavy atom. The van der Waals surface area contributed by atoms with Crippen LogP contribution in [0.4, 0.5) is 0 Å². The van der Waals surface area contributed by atoms with Gasteiger partial charge in [-0.05, 0) is 39.3 Å². The third kappa shape index (κ3) is 8.97. The smallest absolute Gasteiger partial charge is 0.335 e. The molecule has 170 valence electrons. The predicted octanol–water partition coefficient (Wildman–Crippen LogP) is 0.709. The molecule has 1 rings (SSSR count). The van der Waals surface area contributed by atoms with E-state index < -0.39 is 29.5 Å². The van der Waals surface area contributed by atoms with Crippen molar-refractivity contribution in [3.05, 3.63) is 48.4 Å². The van der Waals surface area contributed by atoms with Gasteiger partial charge in [0.2, 0.25) is 5.91 Å². The molecule has 0 unspecified atom stereocenters. The molecule has 0 aromatic rings. The van der Waals surface area contributed by atoms with Crippen LogP contribution in [0.5, 0.6) is 0 Å². The van der Waals surface area contributed by atoms with E-state index in [-0.39, 0.29) is 11.1 Å². The number of rotatable bonds is 10. The van der Waals surface area contributed by atoms with E-state index in [1.165, 1.54) is 19.9 Å². The predicted molar refractivity (Wildman–Crippen MR) is 114 cm³/mol. The van der Waals surface area contributed by atoms with Gasteiger partial charge in [0.05, 0.1) is 18.8 Å². The molecule has 3 N–H and O–H groups in total. The molecule has 1 heterocycles. The van der Waals surface area contributed by atoms with Crippen molar-refractivity contribution in [3.8, 4) is 0 Å². The summed E-state index contributed by atoms with van der Waals surface area (Å²) in [5.74, 6) is -3.98. The van der Waals surface area contributed by atoms with Gasteiger partial charge >= 0.3 is 5.97 Å². The Labute approximate surface area is 181 Å². The van der Waals surface area contributed by atoms with Crippen molar-refractivity contribution >= 4 is 23.7 Å². The number of hydrogen-bond acceptors (Lipinski definition) is 6. The summed E-state index contributed by atoms with van der Waals surface area (Å²) in [5, 5.41) is 12.2. The fraction of sp³-hybridized carbons (Fsp3) is 0.429. The molecule has 31 heavy (non-hydrogen) atoms. The molecular formula is C21H30N4O6. The number of carboxylic acids is 1. The van der Waals surface area contributed by atoms with E-state index in [0.29, 0.717) is 11.4 Å². The molecule has 0 aliphatic carbocycles. The third-order valence-electron chi connectivity index (χ3n) is 4.33. The number of nitrogens with zero attached hydrogens (tertiary/aromatic N) is 2. The van der Waals surface area contributed by atoms with Gasteiger partial charge in [0.15, 0.2) is 0 Å². The van der Waals surface area contributed by atoms with E-state index in [2.05, 4.69) is 28.8 Å². The first kappa shape index (κ1) is 25.8. The maximum absolute atomic E-state index is 12.5. The zero-order valence-electron chi connectivity index (χ0n) is 18.0. The molecule has 10 heteroatoms. The number of aliphatic carboxylic acids is 1. The van der Waals surface area contributed by atoms with E-state index >= 15 is 0 Å².